The lowest BCUT2D eigenvalue weighted by Crippen LogP contribution is -2.24. The van der Waals surface area contributed by atoms with Crippen molar-refractivity contribution in [2.45, 2.75) is 91.9 Å². The summed E-state index contributed by atoms with van der Waals surface area (Å²) >= 11 is 0. The summed E-state index contributed by atoms with van der Waals surface area (Å²) in [6, 6.07) is 9.79. The van der Waals surface area contributed by atoms with Crippen LogP contribution in [0.2, 0.25) is 0 Å². The molecule has 0 fully saturated rings. The van der Waals surface area contributed by atoms with E-state index in [1.54, 1.807) is 0 Å². The Balaban J connectivity index is 1.93. The van der Waals surface area contributed by atoms with Crippen molar-refractivity contribution >= 4 is 5.78 Å². The summed E-state index contributed by atoms with van der Waals surface area (Å²) in [6.07, 6.45) is 8.85. The number of hydrogen-bond donors (Lipinski definition) is 3. The molecular weight excluding hydrogens is 484 g/mol. The van der Waals surface area contributed by atoms with Crippen LogP contribution >= 0.6 is 0 Å². The maximum atomic E-state index is 13.8. The molecule has 0 heterocycles. The molecule has 0 amide bonds. The van der Waals surface area contributed by atoms with E-state index in [4.69, 9.17) is 0 Å². The van der Waals surface area contributed by atoms with Crippen LogP contribution in [0.4, 0.5) is 0 Å². The minimum atomic E-state index is -0.299. The second kappa shape index (κ2) is 12.0. The van der Waals surface area contributed by atoms with Gasteiger partial charge in [-0.15, -0.1) is 0 Å². The lowest BCUT2D eigenvalue weighted by Gasteiger charge is -2.37. The summed E-state index contributed by atoms with van der Waals surface area (Å²) in [7, 11) is 0. The van der Waals surface area contributed by atoms with Gasteiger partial charge < -0.3 is 15.3 Å². The number of phenolic OH excluding ortho intramolecular Hbond substituents is 3. The van der Waals surface area contributed by atoms with Crippen molar-refractivity contribution in [1.82, 2.24) is 0 Å². The molecule has 4 heteroatoms. The first-order valence-electron chi connectivity index (χ1n) is 14.7. The molecule has 39 heavy (non-hydrogen) atoms. The predicted octanol–water partition coefficient (Wildman–Crippen LogP) is 8.81. The predicted molar refractivity (Wildman–Crippen MR) is 159 cm³/mol. The van der Waals surface area contributed by atoms with Gasteiger partial charge in [-0.1, -0.05) is 81.3 Å². The van der Waals surface area contributed by atoms with Crippen LogP contribution in [-0.4, -0.2) is 21.1 Å². The molecule has 2 aliphatic carbocycles. The molecule has 4 atom stereocenters. The third-order valence-electron chi connectivity index (χ3n) is 9.23. The standard InChI is InChI=1S/C35H46O4/c1-20(2)25-15-12-22(5)18-27(25)30-33(37)31(28-19-23(6)13-16-26(28)21(3)4)35(39)32(34(30)38)29(36)17-14-24-10-8-7-9-11-24/h7-11,18-21,25-28,37-39H,12-17H2,1-6H3/t25-,26?,27?,28+/m0/s1. The van der Waals surface area contributed by atoms with E-state index in [-0.39, 0.29) is 58.7 Å². The minimum absolute atomic E-state index is 0.0352. The van der Waals surface area contributed by atoms with Crippen LogP contribution < -0.4 is 0 Å². The first kappa shape index (κ1) is 29.0. The SMILES string of the molecule is CC1=C[C@@H](c2c(O)c(C(=O)CCc3ccccc3)c(O)c(C3C=C(C)CC[C@H]3C(C)C)c2O)C(C(C)C)CC1. The summed E-state index contributed by atoms with van der Waals surface area (Å²) in [4.78, 5) is 13.8. The van der Waals surface area contributed by atoms with Gasteiger partial charge in [0.2, 0.25) is 0 Å². The van der Waals surface area contributed by atoms with Crippen molar-refractivity contribution in [3.63, 3.8) is 0 Å². The number of carbonyl (C=O) groups excluding carboxylic acids is 1. The maximum absolute atomic E-state index is 13.8. The highest BCUT2D eigenvalue weighted by Crippen LogP contribution is 2.56. The Morgan fingerprint density at radius 2 is 1.23 bits per heavy atom. The third-order valence-corrected chi connectivity index (χ3v) is 9.23. The Hall–Kier alpha value is -3.01. The van der Waals surface area contributed by atoms with Crippen LogP contribution in [0.3, 0.4) is 0 Å². The Morgan fingerprint density at radius 3 is 1.67 bits per heavy atom. The average molecular weight is 531 g/mol. The second-order valence-electron chi connectivity index (χ2n) is 12.6. The van der Waals surface area contributed by atoms with Gasteiger partial charge in [0.1, 0.15) is 22.8 Å². The van der Waals surface area contributed by atoms with Crippen molar-refractivity contribution in [1.29, 1.82) is 0 Å². The molecule has 2 aromatic carbocycles. The Labute approximate surface area is 234 Å². The number of Topliss-reactive ketones (excluding diaryl/α,β-unsaturated/α-hetero) is 1. The van der Waals surface area contributed by atoms with E-state index in [0.29, 0.717) is 29.4 Å². The summed E-state index contributed by atoms with van der Waals surface area (Å²) < 4.78 is 0. The number of rotatable bonds is 8. The van der Waals surface area contributed by atoms with Gasteiger partial charge >= 0.3 is 0 Å². The lowest BCUT2D eigenvalue weighted by molar-refractivity contribution is 0.0976. The van der Waals surface area contributed by atoms with Gasteiger partial charge in [-0.05, 0) is 75.2 Å². The van der Waals surface area contributed by atoms with E-state index in [2.05, 4.69) is 53.7 Å². The van der Waals surface area contributed by atoms with Crippen molar-refractivity contribution in [2.24, 2.45) is 23.7 Å². The van der Waals surface area contributed by atoms with Gasteiger partial charge in [-0.3, -0.25) is 4.79 Å². The van der Waals surface area contributed by atoms with Gasteiger partial charge in [0, 0.05) is 29.4 Å². The van der Waals surface area contributed by atoms with E-state index in [1.807, 2.05) is 30.3 Å². The highest BCUT2D eigenvalue weighted by Gasteiger charge is 2.40. The number of carbonyl (C=O) groups is 1. The van der Waals surface area contributed by atoms with E-state index >= 15 is 0 Å². The fraction of sp³-hybridized carbons (Fsp3) is 0.514. The number of benzene rings is 2. The number of ketones is 1. The fourth-order valence-corrected chi connectivity index (χ4v) is 6.94. The van der Waals surface area contributed by atoms with E-state index in [9.17, 15) is 20.1 Å². The summed E-state index contributed by atoms with van der Waals surface area (Å²) in [5.41, 5.74) is 4.24. The first-order valence-corrected chi connectivity index (χ1v) is 14.7. The molecule has 2 unspecified atom stereocenters. The molecule has 2 aromatic rings. The molecule has 0 bridgehead atoms. The molecule has 0 aliphatic heterocycles. The molecule has 4 nitrogen and oxygen atoms in total. The van der Waals surface area contributed by atoms with Crippen LogP contribution in [0.15, 0.2) is 53.6 Å². The van der Waals surface area contributed by atoms with Crippen LogP contribution in [0.5, 0.6) is 17.2 Å². The Kier molecular flexibility index (Phi) is 8.93. The summed E-state index contributed by atoms with van der Waals surface area (Å²) in [6.45, 7) is 12.9. The smallest absolute Gasteiger partial charge is 0.170 e. The van der Waals surface area contributed by atoms with Crippen LogP contribution in [0, 0.1) is 23.7 Å². The van der Waals surface area contributed by atoms with Crippen LogP contribution in [0.25, 0.3) is 0 Å². The number of aryl methyl sites for hydroxylation is 1. The zero-order valence-corrected chi connectivity index (χ0v) is 24.5. The molecule has 0 aromatic heterocycles. The zero-order chi connectivity index (χ0) is 28.4. The molecule has 0 saturated heterocycles. The first-order chi connectivity index (χ1) is 18.5. The Morgan fingerprint density at radius 1 is 0.769 bits per heavy atom. The molecule has 3 N–H and O–H groups in total. The van der Waals surface area contributed by atoms with Crippen LogP contribution in [-0.2, 0) is 6.42 Å². The molecule has 0 radical (unpaired) electrons. The average Bonchev–Trinajstić information content (AvgIpc) is 2.88. The van der Waals surface area contributed by atoms with Crippen LogP contribution in [0.1, 0.15) is 113 Å². The molecule has 4 rings (SSSR count). The highest BCUT2D eigenvalue weighted by molar-refractivity contribution is 6.03. The molecular formula is C35H46O4. The number of hydrogen-bond acceptors (Lipinski definition) is 4. The Bertz CT molecular complexity index is 1180. The van der Waals surface area contributed by atoms with Gasteiger partial charge in [-0.2, -0.15) is 0 Å². The maximum Gasteiger partial charge on any atom is 0.170 e. The molecule has 0 spiro atoms. The monoisotopic (exact) mass is 530 g/mol. The minimum Gasteiger partial charge on any atom is -0.507 e. The largest absolute Gasteiger partial charge is 0.507 e. The van der Waals surface area contributed by atoms with Crippen molar-refractivity contribution in [2.75, 3.05) is 0 Å². The molecule has 210 valence electrons. The highest BCUT2D eigenvalue weighted by atomic mass is 16.3. The van der Waals surface area contributed by atoms with E-state index < -0.39 is 0 Å². The number of allylic oxidation sites excluding steroid dienone is 4. The van der Waals surface area contributed by atoms with Crippen molar-refractivity contribution in [3.05, 3.63) is 75.9 Å². The number of aromatic hydroxyl groups is 3. The number of phenols is 3. The van der Waals surface area contributed by atoms with Gasteiger partial charge in [0.05, 0.1) is 0 Å². The van der Waals surface area contributed by atoms with Gasteiger partial charge in [0.25, 0.3) is 0 Å². The van der Waals surface area contributed by atoms with Crippen molar-refractivity contribution in [3.8, 4) is 17.2 Å². The third kappa shape index (κ3) is 5.95. The lowest BCUT2D eigenvalue weighted by atomic mass is 9.68. The summed E-state index contributed by atoms with van der Waals surface area (Å²) in [5.74, 6) is -0.258. The quantitative estimate of drug-likeness (QED) is 0.235. The van der Waals surface area contributed by atoms with Gasteiger partial charge in [0.15, 0.2) is 5.78 Å². The summed E-state index contributed by atoms with van der Waals surface area (Å²) in [5, 5.41) is 35.4. The second-order valence-corrected chi connectivity index (χ2v) is 12.6. The zero-order valence-electron chi connectivity index (χ0n) is 24.5. The van der Waals surface area contributed by atoms with E-state index in [0.717, 1.165) is 31.2 Å². The normalized spacial score (nSPS) is 23.6. The van der Waals surface area contributed by atoms with Gasteiger partial charge in [-0.25, -0.2) is 0 Å². The molecule has 0 saturated carbocycles. The molecule has 2 aliphatic rings. The fourth-order valence-electron chi connectivity index (χ4n) is 6.94. The topological polar surface area (TPSA) is 77.8 Å². The van der Waals surface area contributed by atoms with Crippen molar-refractivity contribution < 1.29 is 20.1 Å². The van der Waals surface area contributed by atoms with E-state index in [1.165, 1.54) is 11.1 Å².